The van der Waals surface area contributed by atoms with Crippen molar-refractivity contribution < 1.29 is 19.8 Å². The molecule has 0 aliphatic carbocycles. The molecule has 0 radical (unpaired) electrons. The quantitative estimate of drug-likeness (QED) is 0.818. The number of hydrogen-bond donors (Lipinski definition) is 2. The molecule has 2 rings (SSSR count). The van der Waals surface area contributed by atoms with Gasteiger partial charge in [0.05, 0.1) is 5.56 Å². The molecule has 0 saturated heterocycles. The first-order chi connectivity index (χ1) is 9.09. The molecule has 1 atom stereocenters. The number of carboxylic acids is 1. The van der Waals surface area contributed by atoms with Gasteiger partial charge in [-0.25, -0.2) is 4.79 Å². The first kappa shape index (κ1) is 13.0. The molecule has 0 aliphatic heterocycles. The molecular weight excluding hydrogens is 244 g/mol. The summed E-state index contributed by atoms with van der Waals surface area (Å²) < 4.78 is 0. The van der Waals surface area contributed by atoms with E-state index in [0.717, 1.165) is 0 Å². The predicted octanol–water partition coefficient (Wildman–Crippen LogP) is 1.82. The van der Waals surface area contributed by atoms with Crippen molar-refractivity contribution in [2.75, 3.05) is 0 Å². The van der Waals surface area contributed by atoms with Crippen molar-refractivity contribution in [1.29, 1.82) is 0 Å². The first-order valence-corrected chi connectivity index (χ1v) is 5.66. The summed E-state index contributed by atoms with van der Waals surface area (Å²) in [5, 5.41) is 19.7. The molecular formula is C15H12O4. The maximum absolute atomic E-state index is 11.4. The summed E-state index contributed by atoms with van der Waals surface area (Å²) in [6.07, 6.45) is 0.351. The number of benzene rings is 2. The van der Waals surface area contributed by atoms with Gasteiger partial charge in [-0.15, -0.1) is 0 Å². The molecule has 2 aromatic carbocycles. The molecule has 0 bridgehead atoms. The lowest BCUT2D eigenvalue weighted by atomic mass is 9.85. The standard InChI is InChI=1S/C15H12O4/c16-10-15(19,11-6-2-1-3-7-11)13-9-5-4-8-12(13)14(17)18/h1-10,19H,(H,17,18). The van der Waals surface area contributed by atoms with Crippen molar-refractivity contribution in [3.8, 4) is 0 Å². The maximum Gasteiger partial charge on any atom is 0.336 e. The monoisotopic (exact) mass is 256 g/mol. The highest BCUT2D eigenvalue weighted by Crippen LogP contribution is 2.30. The lowest BCUT2D eigenvalue weighted by Crippen LogP contribution is -2.31. The van der Waals surface area contributed by atoms with Crippen LogP contribution in [0, 0.1) is 0 Å². The molecule has 2 N–H and O–H groups in total. The van der Waals surface area contributed by atoms with Gasteiger partial charge in [-0.3, -0.25) is 4.79 Å². The fourth-order valence-corrected chi connectivity index (χ4v) is 1.98. The van der Waals surface area contributed by atoms with E-state index in [1.54, 1.807) is 42.5 Å². The van der Waals surface area contributed by atoms with Gasteiger partial charge >= 0.3 is 5.97 Å². The highest BCUT2D eigenvalue weighted by molar-refractivity contribution is 5.92. The topological polar surface area (TPSA) is 74.6 Å². The minimum atomic E-state index is -1.96. The van der Waals surface area contributed by atoms with E-state index in [9.17, 15) is 14.7 Å². The number of carboxylic acid groups (broad SMARTS) is 1. The minimum Gasteiger partial charge on any atom is -0.478 e. The summed E-state index contributed by atoms with van der Waals surface area (Å²) in [5.41, 5.74) is -1.67. The first-order valence-electron chi connectivity index (χ1n) is 5.66. The van der Waals surface area contributed by atoms with Crippen LogP contribution in [0.4, 0.5) is 0 Å². The van der Waals surface area contributed by atoms with Crippen molar-refractivity contribution in [3.05, 3.63) is 71.3 Å². The largest absolute Gasteiger partial charge is 0.478 e. The average molecular weight is 256 g/mol. The molecule has 4 heteroatoms. The summed E-state index contributed by atoms with van der Waals surface area (Å²) in [4.78, 5) is 22.5. The zero-order chi connectivity index (χ0) is 13.9. The van der Waals surface area contributed by atoms with Crippen LogP contribution < -0.4 is 0 Å². The number of rotatable bonds is 4. The van der Waals surface area contributed by atoms with Gasteiger partial charge in [0.1, 0.15) is 0 Å². The van der Waals surface area contributed by atoms with Crippen molar-refractivity contribution in [2.45, 2.75) is 5.60 Å². The Morgan fingerprint density at radius 3 is 2.16 bits per heavy atom. The van der Waals surface area contributed by atoms with E-state index < -0.39 is 11.6 Å². The highest BCUT2D eigenvalue weighted by atomic mass is 16.4. The smallest absolute Gasteiger partial charge is 0.336 e. The third kappa shape index (κ3) is 2.26. The van der Waals surface area contributed by atoms with Crippen LogP contribution in [0.15, 0.2) is 54.6 Å². The van der Waals surface area contributed by atoms with Gasteiger partial charge in [-0.2, -0.15) is 0 Å². The molecule has 0 spiro atoms. The molecule has 0 fully saturated rings. The molecule has 4 nitrogen and oxygen atoms in total. The normalized spacial score (nSPS) is 13.5. The number of carbonyl (C=O) groups excluding carboxylic acids is 1. The zero-order valence-electron chi connectivity index (χ0n) is 9.98. The van der Waals surface area contributed by atoms with E-state index in [2.05, 4.69) is 0 Å². The second kappa shape index (κ2) is 5.04. The molecule has 0 amide bonds. The van der Waals surface area contributed by atoms with Gasteiger partial charge in [0.25, 0.3) is 0 Å². The van der Waals surface area contributed by atoms with E-state index in [-0.39, 0.29) is 11.1 Å². The van der Waals surface area contributed by atoms with Crippen LogP contribution in [-0.4, -0.2) is 22.5 Å². The molecule has 0 aliphatic rings. The van der Waals surface area contributed by atoms with Gasteiger partial charge in [0, 0.05) is 5.56 Å². The third-order valence-electron chi connectivity index (χ3n) is 2.95. The molecule has 96 valence electrons. The van der Waals surface area contributed by atoms with Gasteiger partial charge in [-0.1, -0.05) is 48.5 Å². The summed E-state index contributed by atoms with van der Waals surface area (Å²) in [6.45, 7) is 0. The van der Waals surface area contributed by atoms with Crippen molar-refractivity contribution in [2.24, 2.45) is 0 Å². The summed E-state index contributed by atoms with van der Waals surface area (Å²) in [7, 11) is 0. The van der Waals surface area contributed by atoms with E-state index in [0.29, 0.717) is 11.8 Å². The minimum absolute atomic E-state index is 0.0590. The Labute approximate surface area is 109 Å². The maximum atomic E-state index is 11.4. The number of hydrogen-bond acceptors (Lipinski definition) is 3. The number of aldehydes is 1. The van der Waals surface area contributed by atoms with Gasteiger partial charge in [0.2, 0.25) is 0 Å². The molecule has 0 heterocycles. The van der Waals surface area contributed by atoms with Crippen molar-refractivity contribution in [3.63, 3.8) is 0 Å². The molecule has 2 aromatic rings. The highest BCUT2D eigenvalue weighted by Gasteiger charge is 2.34. The molecule has 0 saturated carbocycles. The van der Waals surface area contributed by atoms with Crippen LogP contribution in [0.1, 0.15) is 21.5 Å². The number of aromatic carboxylic acids is 1. The van der Waals surface area contributed by atoms with Crippen LogP contribution in [0.3, 0.4) is 0 Å². The summed E-state index contributed by atoms with van der Waals surface area (Å²) >= 11 is 0. The molecule has 0 aromatic heterocycles. The van der Waals surface area contributed by atoms with Crippen LogP contribution in [0.2, 0.25) is 0 Å². The number of aliphatic hydroxyl groups is 1. The predicted molar refractivity (Wildman–Crippen MR) is 68.9 cm³/mol. The SMILES string of the molecule is O=CC(O)(c1ccccc1)c1ccccc1C(=O)O. The number of carbonyl (C=O) groups is 2. The Hall–Kier alpha value is -2.46. The fourth-order valence-electron chi connectivity index (χ4n) is 1.98. The summed E-state index contributed by atoms with van der Waals surface area (Å²) in [6, 6.07) is 14.2. The lowest BCUT2D eigenvalue weighted by molar-refractivity contribution is -0.121. The van der Waals surface area contributed by atoms with E-state index in [4.69, 9.17) is 5.11 Å². The fraction of sp³-hybridized carbons (Fsp3) is 0.0667. The van der Waals surface area contributed by atoms with Crippen LogP contribution in [0.5, 0.6) is 0 Å². The van der Waals surface area contributed by atoms with Crippen molar-refractivity contribution in [1.82, 2.24) is 0 Å². The molecule has 19 heavy (non-hydrogen) atoms. The van der Waals surface area contributed by atoms with Crippen molar-refractivity contribution >= 4 is 12.3 Å². The van der Waals surface area contributed by atoms with Gasteiger partial charge < -0.3 is 10.2 Å². The Balaban J connectivity index is 2.66. The third-order valence-corrected chi connectivity index (χ3v) is 2.95. The Kier molecular flexibility index (Phi) is 3.44. The average Bonchev–Trinajstić information content (AvgIpc) is 2.47. The second-order valence-corrected chi connectivity index (χ2v) is 4.10. The van der Waals surface area contributed by atoms with Crippen LogP contribution in [0.25, 0.3) is 0 Å². The Bertz CT molecular complexity index is 607. The zero-order valence-corrected chi connectivity index (χ0v) is 9.98. The van der Waals surface area contributed by atoms with E-state index in [1.165, 1.54) is 12.1 Å². The van der Waals surface area contributed by atoms with E-state index >= 15 is 0 Å². The Morgan fingerprint density at radius 2 is 1.58 bits per heavy atom. The van der Waals surface area contributed by atoms with Gasteiger partial charge in [-0.05, 0) is 11.6 Å². The Morgan fingerprint density at radius 1 is 1.00 bits per heavy atom. The second-order valence-electron chi connectivity index (χ2n) is 4.10. The summed E-state index contributed by atoms with van der Waals surface area (Å²) in [5.74, 6) is -1.19. The van der Waals surface area contributed by atoms with Crippen LogP contribution >= 0.6 is 0 Å². The van der Waals surface area contributed by atoms with Crippen LogP contribution in [-0.2, 0) is 10.4 Å². The van der Waals surface area contributed by atoms with E-state index in [1.807, 2.05) is 0 Å². The van der Waals surface area contributed by atoms with Gasteiger partial charge in [0.15, 0.2) is 11.9 Å². The lowest BCUT2D eigenvalue weighted by Gasteiger charge is -2.24. The molecule has 1 unspecified atom stereocenters.